The Labute approximate surface area is 215 Å². The number of nitrogens with zero attached hydrogens (tertiary/aromatic N) is 4. The van der Waals surface area contributed by atoms with Gasteiger partial charge >= 0.3 is 0 Å². The molecule has 2 aromatic heterocycles. The lowest BCUT2D eigenvalue weighted by atomic mass is 9.89. The highest BCUT2D eigenvalue weighted by atomic mass is 32.2. The van der Waals surface area contributed by atoms with Crippen LogP contribution in [0.2, 0.25) is 0 Å². The molecule has 9 heteroatoms. The van der Waals surface area contributed by atoms with Crippen LogP contribution in [-0.4, -0.2) is 56.2 Å². The summed E-state index contributed by atoms with van der Waals surface area (Å²) < 4.78 is 37.5. The average Bonchev–Trinajstić information content (AvgIpc) is 3.27. The average molecular weight is 514 g/mol. The van der Waals surface area contributed by atoms with Gasteiger partial charge in [0.1, 0.15) is 5.65 Å². The molecule has 0 spiro atoms. The predicted molar refractivity (Wildman–Crippen MR) is 142 cm³/mol. The van der Waals surface area contributed by atoms with Crippen LogP contribution in [0.15, 0.2) is 35.5 Å². The van der Waals surface area contributed by atoms with Crippen LogP contribution < -0.4 is 5.32 Å². The van der Waals surface area contributed by atoms with E-state index in [0.717, 1.165) is 48.1 Å². The fraction of sp³-hybridized carbons (Fsp3) is 0.556. The largest absolute Gasteiger partial charge is 0.593 e. The van der Waals surface area contributed by atoms with Gasteiger partial charge in [0.2, 0.25) is 10.8 Å². The van der Waals surface area contributed by atoms with Crippen LogP contribution in [0.1, 0.15) is 51.9 Å². The zero-order valence-electron chi connectivity index (χ0n) is 21.0. The Kier molecular flexibility index (Phi) is 8.41. The zero-order chi connectivity index (χ0) is 24.9. The number of morpholine rings is 1. The van der Waals surface area contributed by atoms with Crippen molar-refractivity contribution in [2.45, 2.75) is 63.3 Å². The number of rotatable bonds is 9. The van der Waals surface area contributed by atoms with Crippen molar-refractivity contribution >= 4 is 28.3 Å². The molecule has 36 heavy (non-hydrogen) atoms. The van der Waals surface area contributed by atoms with Gasteiger partial charge in [-0.2, -0.15) is 4.98 Å². The van der Waals surface area contributed by atoms with Crippen LogP contribution in [0.4, 0.5) is 10.3 Å². The van der Waals surface area contributed by atoms with Crippen LogP contribution >= 0.6 is 0 Å². The summed E-state index contributed by atoms with van der Waals surface area (Å²) >= 11 is -1.54. The molecule has 1 saturated heterocycles. The van der Waals surface area contributed by atoms with Crippen molar-refractivity contribution in [1.82, 2.24) is 18.8 Å². The molecule has 5 rings (SSSR count). The van der Waals surface area contributed by atoms with Gasteiger partial charge in [0.15, 0.2) is 5.82 Å². The number of hydrogen-bond acceptors (Lipinski definition) is 6. The highest BCUT2D eigenvalue weighted by molar-refractivity contribution is 7.89. The Hall–Kier alpha value is -2.20. The number of halogens is 1. The summed E-state index contributed by atoms with van der Waals surface area (Å²) in [6, 6.07) is 5.02. The van der Waals surface area contributed by atoms with Crippen molar-refractivity contribution in [3.8, 4) is 11.1 Å². The summed E-state index contributed by atoms with van der Waals surface area (Å²) in [5.74, 6) is 0.806. The normalized spacial score (nSPS) is 18.5. The standard InChI is InChI=1S/C27H36FN5O2S/c1-2-3-11-29-27-30-17-22-23(19-32(26(22)31-27)18-20-7-5-4-6-8-20)21-9-10-25(24(28)16-21)36(34)33-12-14-35-15-13-33/h9-10,16-17,19-20H,2-8,11-15,18H2,1H3,(H,29,30,31). The number of ether oxygens (including phenoxy) is 1. The van der Waals surface area contributed by atoms with E-state index < -0.39 is 17.2 Å². The van der Waals surface area contributed by atoms with Crippen molar-refractivity contribution in [3.63, 3.8) is 0 Å². The van der Waals surface area contributed by atoms with E-state index in [2.05, 4.69) is 28.0 Å². The van der Waals surface area contributed by atoms with E-state index in [9.17, 15) is 4.55 Å². The van der Waals surface area contributed by atoms with Gasteiger partial charge in [-0.25, -0.2) is 9.37 Å². The number of unbranched alkanes of at least 4 members (excludes halogenated alkanes) is 1. The highest BCUT2D eigenvalue weighted by Gasteiger charge is 2.28. The number of benzene rings is 1. The van der Waals surface area contributed by atoms with Gasteiger partial charge < -0.3 is 19.2 Å². The van der Waals surface area contributed by atoms with Crippen LogP contribution in [0.5, 0.6) is 0 Å². The molecule has 0 amide bonds. The Morgan fingerprint density at radius 3 is 2.75 bits per heavy atom. The molecular formula is C27H36FN5O2S. The minimum Gasteiger partial charge on any atom is -0.593 e. The van der Waals surface area contributed by atoms with Crippen molar-refractivity contribution < 1.29 is 13.7 Å². The van der Waals surface area contributed by atoms with E-state index in [0.29, 0.717) is 38.2 Å². The highest BCUT2D eigenvalue weighted by Crippen LogP contribution is 2.34. The zero-order valence-corrected chi connectivity index (χ0v) is 21.9. The molecule has 2 aliphatic rings. The molecule has 0 bridgehead atoms. The van der Waals surface area contributed by atoms with Gasteiger partial charge in [-0.1, -0.05) is 32.6 Å². The van der Waals surface area contributed by atoms with Gasteiger partial charge in [0.25, 0.3) is 0 Å². The summed E-state index contributed by atoms with van der Waals surface area (Å²) in [7, 11) is 0. The molecule has 3 heterocycles. The second kappa shape index (κ2) is 11.9. The minimum absolute atomic E-state index is 0.213. The van der Waals surface area contributed by atoms with Crippen molar-refractivity contribution in [2.75, 3.05) is 38.2 Å². The first-order valence-corrected chi connectivity index (χ1v) is 14.4. The van der Waals surface area contributed by atoms with Crippen molar-refractivity contribution in [3.05, 3.63) is 36.4 Å². The smallest absolute Gasteiger partial charge is 0.224 e. The lowest BCUT2D eigenvalue weighted by Crippen LogP contribution is -2.40. The molecule has 2 fully saturated rings. The SMILES string of the molecule is CCCCNc1ncc2c(-c3ccc([S+]([O-])N4CCOCC4)c(F)c3)cn(CC3CCCCC3)c2n1. The second-order valence-electron chi connectivity index (χ2n) is 9.85. The molecular weight excluding hydrogens is 477 g/mol. The third kappa shape index (κ3) is 5.69. The van der Waals surface area contributed by atoms with Gasteiger partial charge in [-0.05, 0) is 48.9 Å². The molecule has 7 nitrogen and oxygen atoms in total. The maximum atomic E-state index is 15.3. The van der Waals surface area contributed by atoms with E-state index in [-0.39, 0.29) is 4.90 Å². The lowest BCUT2D eigenvalue weighted by Gasteiger charge is -2.27. The van der Waals surface area contributed by atoms with Crippen LogP contribution in [0.3, 0.4) is 0 Å². The summed E-state index contributed by atoms with van der Waals surface area (Å²) in [5.41, 5.74) is 2.53. The first-order valence-electron chi connectivity index (χ1n) is 13.3. The summed E-state index contributed by atoms with van der Waals surface area (Å²) in [4.78, 5) is 9.64. The third-order valence-corrected chi connectivity index (χ3v) is 8.79. The molecule has 1 unspecified atom stereocenters. The Morgan fingerprint density at radius 2 is 2.00 bits per heavy atom. The van der Waals surface area contributed by atoms with Crippen molar-refractivity contribution in [2.24, 2.45) is 5.92 Å². The molecule has 1 N–H and O–H groups in total. The fourth-order valence-electron chi connectivity index (χ4n) is 5.21. The Balaban J connectivity index is 1.46. The van der Waals surface area contributed by atoms with Gasteiger partial charge in [-0.15, -0.1) is 4.31 Å². The quantitative estimate of drug-likeness (QED) is 0.306. The van der Waals surface area contributed by atoms with Crippen LogP contribution in [0.25, 0.3) is 22.2 Å². The fourth-order valence-corrected chi connectivity index (χ4v) is 6.38. The van der Waals surface area contributed by atoms with Crippen LogP contribution in [-0.2, 0) is 22.6 Å². The van der Waals surface area contributed by atoms with Crippen LogP contribution in [0, 0.1) is 11.7 Å². The van der Waals surface area contributed by atoms with E-state index in [1.54, 1.807) is 10.4 Å². The molecule has 0 radical (unpaired) electrons. The Morgan fingerprint density at radius 1 is 1.19 bits per heavy atom. The maximum absolute atomic E-state index is 15.3. The van der Waals surface area contributed by atoms with Gasteiger partial charge in [-0.3, -0.25) is 0 Å². The number of fused-ring (bicyclic) bond motifs is 1. The summed E-state index contributed by atoms with van der Waals surface area (Å²) in [6.07, 6.45) is 12.5. The van der Waals surface area contributed by atoms with E-state index in [1.165, 1.54) is 38.2 Å². The molecule has 194 valence electrons. The van der Waals surface area contributed by atoms with E-state index in [1.807, 2.05) is 12.3 Å². The molecule has 3 aromatic rings. The topological polar surface area (TPSA) is 78.3 Å². The van der Waals surface area contributed by atoms with Crippen molar-refractivity contribution in [1.29, 1.82) is 0 Å². The summed E-state index contributed by atoms with van der Waals surface area (Å²) in [5, 5.41) is 4.25. The molecule has 1 aliphatic carbocycles. The first-order chi connectivity index (χ1) is 17.6. The second-order valence-corrected chi connectivity index (χ2v) is 11.3. The predicted octanol–water partition coefficient (Wildman–Crippen LogP) is 5.38. The van der Waals surface area contributed by atoms with E-state index in [4.69, 9.17) is 9.72 Å². The van der Waals surface area contributed by atoms with Gasteiger partial charge in [0, 0.05) is 36.4 Å². The number of anilines is 1. The lowest BCUT2D eigenvalue weighted by molar-refractivity contribution is 0.0729. The number of nitrogens with one attached hydrogen (secondary N) is 1. The molecule has 1 saturated carbocycles. The minimum atomic E-state index is -1.54. The monoisotopic (exact) mass is 513 g/mol. The molecule has 1 aromatic carbocycles. The number of hydrogen-bond donors (Lipinski definition) is 1. The molecule has 1 aliphatic heterocycles. The Bertz CT molecular complexity index is 1160. The summed E-state index contributed by atoms with van der Waals surface area (Å²) in [6.45, 7) is 6.01. The van der Waals surface area contributed by atoms with Gasteiger partial charge in [0.05, 0.1) is 37.7 Å². The molecule has 1 atom stereocenters. The maximum Gasteiger partial charge on any atom is 0.224 e. The third-order valence-electron chi connectivity index (χ3n) is 7.24. The first kappa shape index (κ1) is 25.4. The van der Waals surface area contributed by atoms with E-state index >= 15 is 4.39 Å². The number of aromatic nitrogens is 3.